The topological polar surface area (TPSA) is 60.0 Å². The molecule has 25 heavy (non-hydrogen) atoms. The number of unbranched alkanes of at least 4 members (excludes halogenated alkanes) is 1. The summed E-state index contributed by atoms with van der Waals surface area (Å²) in [6.07, 6.45) is 4.02. The highest BCUT2D eigenvalue weighted by Gasteiger charge is 2.12. The van der Waals surface area contributed by atoms with Crippen LogP contribution in [-0.4, -0.2) is 76.1 Å². The maximum atomic E-state index is 12.0. The molecular weight excluding hydrogens is 320 g/mol. The van der Waals surface area contributed by atoms with Crippen LogP contribution in [0.15, 0.2) is 0 Å². The zero-order valence-corrected chi connectivity index (χ0v) is 16.8. The number of nitrogens with one attached hydrogen (secondary N) is 1. The minimum Gasteiger partial charge on any atom is -0.381 e. The molecule has 0 atom stereocenters. The van der Waals surface area contributed by atoms with E-state index in [9.17, 15) is 4.79 Å². The van der Waals surface area contributed by atoms with E-state index in [1.807, 2.05) is 6.92 Å². The fourth-order valence-corrected chi connectivity index (χ4v) is 2.25. The fraction of sp³-hybridized carbons (Fsp3) is 0.947. The van der Waals surface area contributed by atoms with Gasteiger partial charge in [-0.05, 0) is 46.6 Å². The normalized spacial score (nSPS) is 11.4. The first-order chi connectivity index (χ1) is 12.1. The van der Waals surface area contributed by atoms with Crippen molar-refractivity contribution in [3.8, 4) is 0 Å². The van der Waals surface area contributed by atoms with E-state index in [4.69, 9.17) is 14.2 Å². The largest absolute Gasteiger partial charge is 0.381 e. The Hall–Kier alpha value is -0.690. The van der Waals surface area contributed by atoms with E-state index in [1.165, 1.54) is 0 Å². The van der Waals surface area contributed by atoms with Gasteiger partial charge in [0.25, 0.3) is 0 Å². The number of nitrogens with zero attached hydrogens (tertiary/aromatic N) is 1. The van der Waals surface area contributed by atoms with Gasteiger partial charge in [-0.3, -0.25) is 9.69 Å². The molecule has 0 fully saturated rings. The lowest BCUT2D eigenvalue weighted by molar-refractivity contribution is -0.122. The molecule has 0 aromatic carbocycles. The molecule has 0 aromatic rings. The molecule has 0 saturated carbocycles. The van der Waals surface area contributed by atoms with Gasteiger partial charge >= 0.3 is 0 Å². The van der Waals surface area contributed by atoms with E-state index in [-0.39, 0.29) is 5.91 Å². The van der Waals surface area contributed by atoms with Crippen LogP contribution in [0.5, 0.6) is 0 Å². The highest BCUT2D eigenvalue weighted by molar-refractivity contribution is 5.78. The van der Waals surface area contributed by atoms with E-state index < -0.39 is 0 Å². The molecule has 150 valence electrons. The Morgan fingerprint density at radius 2 is 1.56 bits per heavy atom. The summed E-state index contributed by atoms with van der Waals surface area (Å²) in [5, 5.41) is 2.98. The summed E-state index contributed by atoms with van der Waals surface area (Å²) in [7, 11) is 0. The quantitative estimate of drug-likeness (QED) is 0.381. The molecule has 0 saturated heterocycles. The minimum absolute atomic E-state index is 0.104. The summed E-state index contributed by atoms with van der Waals surface area (Å²) < 4.78 is 16.1. The maximum absolute atomic E-state index is 12.0. The van der Waals surface area contributed by atoms with Crippen LogP contribution >= 0.6 is 0 Å². The van der Waals surface area contributed by atoms with Gasteiger partial charge in [0.05, 0.1) is 19.8 Å². The van der Waals surface area contributed by atoms with Gasteiger partial charge in [0.1, 0.15) is 0 Å². The second-order valence-corrected chi connectivity index (χ2v) is 6.40. The fourth-order valence-electron chi connectivity index (χ4n) is 2.25. The minimum atomic E-state index is 0.104. The summed E-state index contributed by atoms with van der Waals surface area (Å²) in [5.74, 6) is 0.104. The standard InChI is InChI=1S/C19H40N2O4/c1-5-7-11-21(18(3)4)17-19(22)20-10-8-12-24-13-9-14-25-16-15-23-6-2/h18H,5-17H2,1-4H3,(H,20,22). The van der Waals surface area contributed by atoms with Crippen LogP contribution in [0.2, 0.25) is 0 Å². The summed E-state index contributed by atoms with van der Waals surface area (Å²) in [6.45, 7) is 14.7. The van der Waals surface area contributed by atoms with E-state index in [0.29, 0.717) is 52.2 Å². The van der Waals surface area contributed by atoms with Crippen molar-refractivity contribution in [3.05, 3.63) is 0 Å². The Balaban J connectivity index is 3.44. The highest BCUT2D eigenvalue weighted by atomic mass is 16.5. The summed E-state index contributed by atoms with van der Waals surface area (Å²) in [5.41, 5.74) is 0. The van der Waals surface area contributed by atoms with Crippen LogP contribution in [-0.2, 0) is 19.0 Å². The van der Waals surface area contributed by atoms with Gasteiger partial charge in [-0.2, -0.15) is 0 Å². The van der Waals surface area contributed by atoms with Crippen LogP contribution < -0.4 is 5.32 Å². The number of hydrogen-bond donors (Lipinski definition) is 1. The molecule has 0 radical (unpaired) electrons. The van der Waals surface area contributed by atoms with Gasteiger partial charge in [-0.1, -0.05) is 13.3 Å². The molecule has 1 N–H and O–H groups in total. The predicted octanol–water partition coefficient (Wildman–Crippen LogP) is 2.46. The monoisotopic (exact) mass is 360 g/mol. The van der Waals surface area contributed by atoms with Crippen molar-refractivity contribution < 1.29 is 19.0 Å². The number of ether oxygens (including phenoxy) is 3. The Kier molecular flexibility index (Phi) is 17.6. The molecule has 0 rings (SSSR count). The van der Waals surface area contributed by atoms with Crippen molar-refractivity contribution in [2.45, 2.75) is 59.4 Å². The molecule has 0 aliphatic rings. The van der Waals surface area contributed by atoms with Crippen molar-refractivity contribution in [2.75, 3.05) is 59.3 Å². The van der Waals surface area contributed by atoms with Crippen molar-refractivity contribution in [3.63, 3.8) is 0 Å². The second-order valence-electron chi connectivity index (χ2n) is 6.40. The first-order valence-electron chi connectivity index (χ1n) is 9.85. The zero-order chi connectivity index (χ0) is 18.8. The summed E-state index contributed by atoms with van der Waals surface area (Å²) >= 11 is 0. The van der Waals surface area contributed by atoms with Crippen LogP contribution in [0.3, 0.4) is 0 Å². The first-order valence-corrected chi connectivity index (χ1v) is 9.85. The molecule has 0 spiro atoms. The first kappa shape index (κ1) is 24.3. The van der Waals surface area contributed by atoms with Crippen LogP contribution in [0.1, 0.15) is 53.4 Å². The number of carbonyl (C=O) groups is 1. The van der Waals surface area contributed by atoms with Gasteiger partial charge in [0.2, 0.25) is 5.91 Å². The van der Waals surface area contributed by atoms with E-state index in [2.05, 4.69) is 31.0 Å². The molecular formula is C19H40N2O4. The lowest BCUT2D eigenvalue weighted by Crippen LogP contribution is -2.41. The van der Waals surface area contributed by atoms with Gasteiger partial charge in [0.15, 0.2) is 0 Å². The third kappa shape index (κ3) is 16.5. The molecule has 0 aliphatic carbocycles. The SMILES string of the molecule is CCCCN(CC(=O)NCCCOCCCOCCOCC)C(C)C. The third-order valence-electron chi connectivity index (χ3n) is 3.82. The van der Waals surface area contributed by atoms with Crippen LogP contribution in [0.25, 0.3) is 0 Å². The average Bonchev–Trinajstić information content (AvgIpc) is 2.59. The smallest absolute Gasteiger partial charge is 0.234 e. The maximum Gasteiger partial charge on any atom is 0.234 e. The third-order valence-corrected chi connectivity index (χ3v) is 3.82. The molecule has 0 bridgehead atoms. The van der Waals surface area contributed by atoms with Gasteiger partial charge < -0.3 is 19.5 Å². The Morgan fingerprint density at radius 1 is 0.920 bits per heavy atom. The number of hydrogen-bond acceptors (Lipinski definition) is 5. The molecule has 0 aromatic heterocycles. The van der Waals surface area contributed by atoms with E-state index >= 15 is 0 Å². The molecule has 0 unspecified atom stereocenters. The Morgan fingerprint density at radius 3 is 2.20 bits per heavy atom. The van der Waals surface area contributed by atoms with Crippen molar-refractivity contribution in [1.82, 2.24) is 10.2 Å². The number of rotatable bonds is 18. The second kappa shape index (κ2) is 18.1. The number of carbonyl (C=O) groups excluding carboxylic acids is 1. The lowest BCUT2D eigenvalue weighted by atomic mass is 10.2. The average molecular weight is 361 g/mol. The molecule has 6 heteroatoms. The molecule has 0 heterocycles. The van der Waals surface area contributed by atoms with Gasteiger partial charge in [0, 0.05) is 39.0 Å². The Bertz CT molecular complexity index is 301. The highest BCUT2D eigenvalue weighted by Crippen LogP contribution is 2.01. The summed E-state index contributed by atoms with van der Waals surface area (Å²) in [6, 6.07) is 0.399. The Labute approximate surface area is 154 Å². The molecule has 6 nitrogen and oxygen atoms in total. The van der Waals surface area contributed by atoms with Crippen LogP contribution in [0.4, 0.5) is 0 Å². The predicted molar refractivity (Wildman–Crippen MR) is 102 cm³/mol. The lowest BCUT2D eigenvalue weighted by Gasteiger charge is -2.25. The van der Waals surface area contributed by atoms with Crippen LogP contribution in [0, 0.1) is 0 Å². The van der Waals surface area contributed by atoms with E-state index in [0.717, 1.165) is 38.8 Å². The summed E-state index contributed by atoms with van der Waals surface area (Å²) in [4.78, 5) is 14.2. The molecule has 0 aliphatic heterocycles. The zero-order valence-electron chi connectivity index (χ0n) is 16.8. The van der Waals surface area contributed by atoms with Gasteiger partial charge in [-0.15, -0.1) is 0 Å². The number of amides is 1. The van der Waals surface area contributed by atoms with Crippen molar-refractivity contribution in [1.29, 1.82) is 0 Å². The van der Waals surface area contributed by atoms with E-state index in [1.54, 1.807) is 0 Å². The molecule has 1 amide bonds. The van der Waals surface area contributed by atoms with Crippen molar-refractivity contribution >= 4 is 5.91 Å². The van der Waals surface area contributed by atoms with Crippen molar-refractivity contribution in [2.24, 2.45) is 0 Å². The van der Waals surface area contributed by atoms with Gasteiger partial charge in [-0.25, -0.2) is 0 Å².